The van der Waals surface area contributed by atoms with E-state index in [-0.39, 0.29) is 24.4 Å². The second-order valence-corrected chi connectivity index (χ2v) is 8.14. The largest absolute Gasteiger partial charge is 0.493 e. The second kappa shape index (κ2) is 10.3. The summed E-state index contributed by atoms with van der Waals surface area (Å²) in [7, 11) is 1.50. The van der Waals surface area contributed by atoms with Crippen molar-refractivity contribution in [2.24, 2.45) is 0 Å². The highest BCUT2D eigenvalue weighted by molar-refractivity contribution is 6.30. The molecule has 0 spiro atoms. The lowest BCUT2D eigenvalue weighted by Crippen LogP contribution is -2.30. The molecule has 35 heavy (non-hydrogen) atoms. The molecule has 3 aromatic rings. The molecule has 3 amide bonds. The molecule has 1 heterocycles. The van der Waals surface area contributed by atoms with Crippen molar-refractivity contribution in [1.82, 2.24) is 10.2 Å². The maximum absolute atomic E-state index is 12.8. The van der Waals surface area contributed by atoms with Gasteiger partial charge >= 0.3 is 12.0 Å². The van der Waals surface area contributed by atoms with Crippen LogP contribution in [0.5, 0.6) is 11.5 Å². The van der Waals surface area contributed by atoms with Gasteiger partial charge in [-0.15, -0.1) is 0 Å². The number of carboxylic acid groups (broad SMARTS) is 1. The van der Waals surface area contributed by atoms with Crippen molar-refractivity contribution in [2.45, 2.75) is 13.2 Å². The molecule has 1 aliphatic rings. The number of carbonyl (C=O) groups excluding carboxylic acids is 2. The molecule has 0 aliphatic carbocycles. The van der Waals surface area contributed by atoms with Crippen LogP contribution in [0.25, 0.3) is 6.08 Å². The maximum atomic E-state index is 12.8. The minimum atomic E-state index is -0.992. The molecule has 0 saturated carbocycles. The van der Waals surface area contributed by atoms with Gasteiger partial charge < -0.3 is 19.9 Å². The van der Waals surface area contributed by atoms with E-state index in [1.54, 1.807) is 60.7 Å². The van der Waals surface area contributed by atoms with Crippen molar-refractivity contribution in [1.29, 1.82) is 0 Å². The number of hydrogen-bond donors (Lipinski definition) is 2. The Labute approximate surface area is 206 Å². The lowest BCUT2D eigenvalue weighted by molar-refractivity contribution is -0.123. The topological polar surface area (TPSA) is 105 Å². The first kappa shape index (κ1) is 23.8. The van der Waals surface area contributed by atoms with Crippen molar-refractivity contribution in [3.05, 3.63) is 99.7 Å². The average Bonchev–Trinajstić information content (AvgIpc) is 3.11. The van der Waals surface area contributed by atoms with Crippen LogP contribution in [0.3, 0.4) is 0 Å². The lowest BCUT2D eigenvalue weighted by atomic mass is 10.1. The fourth-order valence-corrected chi connectivity index (χ4v) is 3.58. The second-order valence-electron chi connectivity index (χ2n) is 7.71. The number of nitrogens with one attached hydrogen (secondary N) is 1. The number of carboxylic acids is 1. The molecule has 0 aromatic heterocycles. The summed E-state index contributed by atoms with van der Waals surface area (Å²) in [5, 5.41) is 12.2. The number of hydrogen-bond acceptors (Lipinski definition) is 5. The molecule has 9 heteroatoms. The number of methoxy groups -OCH3 is 1. The monoisotopic (exact) mass is 492 g/mol. The zero-order valence-electron chi connectivity index (χ0n) is 18.7. The van der Waals surface area contributed by atoms with Crippen LogP contribution >= 0.6 is 11.6 Å². The van der Waals surface area contributed by atoms with Gasteiger partial charge in [0.25, 0.3) is 5.91 Å². The standard InChI is InChI=1S/C26H21ClN2O6/c1-34-23-13-18(6-11-22(23)35-15-17-2-7-19(8-3-17)25(31)32)12-21-24(30)29(26(33)28-21)14-16-4-9-20(27)10-5-16/h2-13H,14-15H2,1H3,(H,28,33)(H,31,32)/b21-12-. The number of ether oxygens (including phenoxy) is 2. The third-order valence-corrected chi connectivity index (χ3v) is 5.56. The molecule has 8 nitrogen and oxygen atoms in total. The molecule has 1 saturated heterocycles. The molecule has 4 rings (SSSR count). The lowest BCUT2D eigenvalue weighted by Gasteiger charge is -2.12. The Morgan fingerprint density at radius 3 is 2.34 bits per heavy atom. The van der Waals surface area contributed by atoms with Crippen LogP contribution in [0, 0.1) is 0 Å². The third-order valence-electron chi connectivity index (χ3n) is 5.31. The molecule has 1 fully saturated rings. The maximum Gasteiger partial charge on any atom is 0.335 e. The highest BCUT2D eigenvalue weighted by Crippen LogP contribution is 2.30. The third kappa shape index (κ3) is 5.62. The van der Waals surface area contributed by atoms with Gasteiger partial charge in [-0.3, -0.25) is 9.69 Å². The first-order chi connectivity index (χ1) is 16.8. The minimum absolute atomic E-state index is 0.128. The van der Waals surface area contributed by atoms with Gasteiger partial charge in [-0.2, -0.15) is 0 Å². The van der Waals surface area contributed by atoms with Crippen LogP contribution in [-0.2, 0) is 17.9 Å². The van der Waals surface area contributed by atoms with Crippen molar-refractivity contribution < 1.29 is 29.0 Å². The van der Waals surface area contributed by atoms with E-state index in [1.165, 1.54) is 19.2 Å². The molecule has 0 unspecified atom stereocenters. The van der Waals surface area contributed by atoms with Crippen LogP contribution < -0.4 is 14.8 Å². The van der Waals surface area contributed by atoms with Crippen LogP contribution in [0.1, 0.15) is 27.0 Å². The molecule has 0 bridgehead atoms. The van der Waals surface area contributed by atoms with Gasteiger partial charge in [0.05, 0.1) is 19.2 Å². The summed E-state index contributed by atoms with van der Waals surface area (Å²) < 4.78 is 11.2. The van der Waals surface area contributed by atoms with Crippen molar-refractivity contribution in [2.75, 3.05) is 7.11 Å². The SMILES string of the molecule is COc1cc(/C=C2\NC(=O)N(Cc3ccc(Cl)cc3)C2=O)ccc1OCc1ccc(C(=O)O)cc1. The molecule has 2 N–H and O–H groups in total. The number of halogens is 1. The van der Waals surface area contributed by atoms with Gasteiger partial charge in [0.15, 0.2) is 11.5 Å². The zero-order valence-corrected chi connectivity index (χ0v) is 19.4. The fraction of sp³-hybridized carbons (Fsp3) is 0.115. The van der Waals surface area contributed by atoms with Gasteiger partial charge in [-0.25, -0.2) is 9.59 Å². The van der Waals surface area contributed by atoms with Crippen molar-refractivity contribution in [3.8, 4) is 11.5 Å². The summed E-state index contributed by atoms with van der Waals surface area (Å²) in [6.45, 7) is 0.341. The van der Waals surface area contributed by atoms with E-state index in [0.29, 0.717) is 22.1 Å². The number of imide groups is 1. The van der Waals surface area contributed by atoms with E-state index >= 15 is 0 Å². The summed E-state index contributed by atoms with van der Waals surface area (Å²) in [4.78, 5) is 37.3. The van der Waals surface area contributed by atoms with Crippen LogP contribution in [0.4, 0.5) is 4.79 Å². The highest BCUT2D eigenvalue weighted by atomic mass is 35.5. The molecule has 0 atom stereocenters. The fourth-order valence-electron chi connectivity index (χ4n) is 3.45. The Morgan fingerprint density at radius 1 is 1.00 bits per heavy atom. The van der Waals surface area contributed by atoms with Gasteiger partial charge in [0.1, 0.15) is 12.3 Å². The normalized spacial score (nSPS) is 14.2. The van der Waals surface area contributed by atoms with E-state index in [2.05, 4.69) is 5.32 Å². The minimum Gasteiger partial charge on any atom is -0.493 e. The molecule has 0 radical (unpaired) electrons. The summed E-state index contributed by atoms with van der Waals surface area (Å²) in [6, 6.07) is 17.9. The Kier molecular flexibility index (Phi) is 7.03. The van der Waals surface area contributed by atoms with Gasteiger partial charge in [-0.05, 0) is 59.2 Å². The molecular formula is C26H21ClN2O6. The summed E-state index contributed by atoms with van der Waals surface area (Å²) in [5.74, 6) is -0.512. The highest BCUT2D eigenvalue weighted by Gasteiger charge is 2.33. The number of amides is 3. The smallest absolute Gasteiger partial charge is 0.335 e. The molecular weight excluding hydrogens is 472 g/mol. The van der Waals surface area contributed by atoms with Crippen LogP contribution in [0.15, 0.2) is 72.4 Å². The quantitative estimate of drug-likeness (QED) is 0.348. The van der Waals surface area contributed by atoms with E-state index in [1.807, 2.05) is 0 Å². The number of aromatic carboxylic acids is 1. The predicted octanol–water partition coefficient (Wildman–Crippen LogP) is 4.72. The number of rotatable bonds is 8. The Morgan fingerprint density at radius 2 is 1.69 bits per heavy atom. The number of benzene rings is 3. The van der Waals surface area contributed by atoms with Crippen molar-refractivity contribution >= 4 is 35.6 Å². The van der Waals surface area contributed by atoms with E-state index < -0.39 is 17.9 Å². The predicted molar refractivity (Wildman–Crippen MR) is 129 cm³/mol. The van der Waals surface area contributed by atoms with Crippen LogP contribution in [0.2, 0.25) is 5.02 Å². The first-order valence-corrected chi connectivity index (χ1v) is 10.9. The van der Waals surface area contributed by atoms with E-state index in [4.69, 9.17) is 26.2 Å². The zero-order chi connectivity index (χ0) is 24.9. The Balaban J connectivity index is 1.45. The average molecular weight is 493 g/mol. The van der Waals surface area contributed by atoms with Gasteiger partial charge in [-0.1, -0.05) is 41.9 Å². The summed E-state index contributed by atoms with van der Waals surface area (Å²) in [6.07, 6.45) is 1.57. The van der Waals surface area contributed by atoms with Gasteiger partial charge in [0, 0.05) is 5.02 Å². The first-order valence-electron chi connectivity index (χ1n) is 10.6. The summed E-state index contributed by atoms with van der Waals surface area (Å²) >= 11 is 5.89. The summed E-state index contributed by atoms with van der Waals surface area (Å²) in [5.41, 5.74) is 2.56. The number of nitrogens with zero attached hydrogens (tertiary/aromatic N) is 1. The van der Waals surface area contributed by atoms with Crippen LogP contribution in [-0.4, -0.2) is 35.0 Å². The Hall–Kier alpha value is -4.30. The number of carbonyl (C=O) groups is 3. The van der Waals surface area contributed by atoms with Crippen molar-refractivity contribution in [3.63, 3.8) is 0 Å². The van der Waals surface area contributed by atoms with Gasteiger partial charge in [0.2, 0.25) is 0 Å². The molecule has 178 valence electrons. The number of urea groups is 1. The molecule has 1 aliphatic heterocycles. The molecule has 3 aromatic carbocycles. The van der Waals surface area contributed by atoms with E-state index in [9.17, 15) is 14.4 Å². The Bertz CT molecular complexity index is 1300. The van der Waals surface area contributed by atoms with E-state index in [0.717, 1.165) is 16.0 Å².